The third-order valence-electron chi connectivity index (χ3n) is 5.27. The van der Waals surface area contributed by atoms with E-state index in [0.717, 1.165) is 37.9 Å². The molecule has 0 radical (unpaired) electrons. The minimum Gasteiger partial charge on any atom is -0.376 e. The van der Waals surface area contributed by atoms with Crippen molar-refractivity contribution in [1.29, 1.82) is 0 Å². The fourth-order valence-electron chi connectivity index (χ4n) is 3.52. The minimum atomic E-state index is 0.327. The normalized spacial score (nSPS) is 15.1. The number of aromatic nitrogens is 4. The SMILES string of the molecule is CCn1ncc(CN2CC(c3nc(CCOCc4ccccc4)no3)C2)c1C. The highest BCUT2D eigenvalue weighted by Crippen LogP contribution is 2.27. The average molecular weight is 381 g/mol. The second kappa shape index (κ2) is 8.67. The molecule has 3 heterocycles. The molecule has 0 N–H and O–H groups in total. The first-order valence-electron chi connectivity index (χ1n) is 9.90. The van der Waals surface area contributed by atoms with Gasteiger partial charge in [-0.15, -0.1) is 0 Å². The molecule has 0 saturated carbocycles. The van der Waals surface area contributed by atoms with Crippen LogP contribution in [0.15, 0.2) is 41.1 Å². The molecule has 148 valence electrons. The summed E-state index contributed by atoms with van der Waals surface area (Å²) >= 11 is 0. The smallest absolute Gasteiger partial charge is 0.232 e. The molecule has 28 heavy (non-hydrogen) atoms. The second-order valence-corrected chi connectivity index (χ2v) is 7.30. The van der Waals surface area contributed by atoms with Crippen LogP contribution in [0.5, 0.6) is 0 Å². The van der Waals surface area contributed by atoms with Crippen LogP contribution in [0.4, 0.5) is 0 Å². The number of nitrogens with zero attached hydrogens (tertiary/aromatic N) is 5. The van der Waals surface area contributed by atoms with E-state index < -0.39 is 0 Å². The van der Waals surface area contributed by atoms with Gasteiger partial charge >= 0.3 is 0 Å². The first-order valence-corrected chi connectivity index (χ1v) is 9.90. The van der Waals surface area contributed by atoms with E-state index in [9.17, 15) is 0 Å². The highest BCUT2D eigenvalue weighted by atomic mass is 16.5. The molecule has 1 aliphatic heterocycles. The van der Waals surface area contributed by atoms with Crippen LogP contribution in [0.1, 0.15) is 41.4 Å². The molecule has 0 spiro atoms. The van der Waals surface area contributed by atoms with Gasteiger partial charge in [0.15, 0.2) is 5.82 Å². The number of hydrogen-bond donors (Lipinski definition) is 0. The Morgan fingerprint density at radius 2 is 2.04 bits per heavy atom. The quantitative estimate of drug-likeness (QED) is 0.531. The summed E-state index contributed by atoms with van der Waals surface area (Å²) in [4.78, 5) is 6.94. The van der Waals surface area contributed by atoms with Crippen molar-refractivity contribution in [3.63, 3.8) is 0 Å². The van der Waals surface area contributed by atoms with Gasteiger partial charge in [0.25, 0.3) is 0 Å². The van der Waals surface area contributed by atoms with E-state index in [1.165, 1.54) is 16.8 Å². The Morgan fingerprint density at radius 1 is 1.21 bits per heavy atom. The lowest BCUT2D eigenvalue weighted by Crippen LogP contribution is -2.44. The van der Waals surface area contributed by atoms with Gasteiger partial charge < -0.3 is 9.26 Å². The molecule has 0 bridgehead atoms. The Morgan fingerprint density at radius 3 is 2.79 bits per heavy atom. The molecule has 0 atom stereocenters. The Balaban J connectivity index is 1.19. The lowest BCUT2D eigenvalue weighted by Gasteiger charge is -2.36. The molecule has 0 amide bonds. The summed E-state index contributed by atoms with van der Waals surface area (Å²) in [6.07, 6.45) is 2.65. The highest BCUT2D eigenvalue weighted by molar-refractivity contribution is 5.17. The van der Waals surface area contributed by atoms with Crippen LogP contribution in [-0.4, -0.2) is 44.5 Å². The van der Waals surface area contributed by atoms with Crippen molar-refractivity contribution in [1.82, 2.24) is 24.8 Å². The van der Waals surface area contributed by atoms with Crippen molar-refractivity contribution in [2.75, 3.05) is 19.7 Å². The van der Waals surface area contributed by atoms with Crippen molar-refractivity contribution in [2.45, 2.75) is 45.9 Å². The summed E-state index contributed by atoms with van der Waals surface area (Å²) in [7, 11) is 0. The summed E-state index contributed by atoms with van der Waals surface area (Å²) < 4.78 is 13.2. The van der Waals surface area contributed by atoms with Gasteiger partial charge in [-0.25, -0.2) is 0 Å². The van der Waals surface area contributed by atoms with E-state index in [2.05, 4.69) is 46.1 Å². The maximum absolute atomic E-state index is 5.70. The first-order chi connectivity index (χ1) is 13.7. The third kappa shape index (κ3) is 4.31. The van der Waals surface area contributed by atoms with Crippen LogP contribution in [0.25, 0.3) is 0 Å². The summed E-state index contributed by atoms with van der Waals surface area (Å²) in [5.74, 6) is 1.80. The van der Waals surface area contributed by atoms with Crippen LogP contribution < -0.4 is 0 Å². The molecule has 2 aromatic heterocycles. The lowest BCUT2D eigenvalue weighted by atomic mass is 9.99. The van der Waals surface area contributed by atoms with Crippen molar-refractivity contribution in [3.8, 4) is 0 Å². The lowest BCUT2D eigenvalue weighted by molar-refractivity contribution is 0.117. The number of ether oxygens (including phenoxy) is 1. The largest absolute Gasteiger partial charge is 0.376 e. The zero-order valence-corrected chi connectivity index (χ0v) is 16.5. The molecule has 1 aromatic carbocycles. The van der Waals surface area contributed by atoms with Crippen LogP contribution >= 0.6 is 0 Å². The summed E-state index contributed by atoms with van der Waals surface area (Å²) in [5.41, 5.74) is 3.72. The van der Waals surface area contributed by atoms with E-state index in [1.807, 2.05) is 29.1 Å². The fraction of sp³-hybridized carbons (Fsp3) is 0.476. The van der Waals surface area contributed by atoms with Crippen molar-refractivity contribution in [3.05, 3.63) is 65.1 Å². The maximum atomic E-state index is 5.70. The topological polar surface area (TPSA) is 69.2 Å². The van der Waals surface area contributed by atoms with Gasteiger partial charge in [-0.05, 0) is 19.4 Å². The van der Waals surface area contributed by atoms with E-state index >= 15 is 0 Å². The molecule has 1 aliphatic rings. The molecule has 1 saturated heterocycles. The summed E-state index contributed by atoms with van der Waals surface area (Å²) in [6.45, 7) is 9.18. The predicted molar refractivity (Wildman–Crippen MR) is 105 cm³/mol. The van der Waals surface area contributed by atoms with Crippen molar-refractivity contribution in [2.24, 2.45) is 0 Å². The Labute approximate surface area is 165 Å². The first kappa shape index (κ1) is 18.8. The van der Waals surface area contributed by atoms with Crippen LogP contribution in [0.3, 0.4) is 0 Å². The fourth-order valence-corrected chi connectivity index (χ4v) is 3.52. The number of aryl methyl sites for hydroxylation is 1. The van der Waals surface area contributed by atoms with Crippen molar-refractivity contribution < 1.29 is 9.26 Å². The molecule has 7 heteroatoms. The van der Waals surface area contributed by atoms with E-state index in [0.29, 0.717) is 25.6 Å². The number of hydrogen-bond acceptors (Lipinski definition) is 6. The molecule has 3 aromatic rings. The molecular formula is C21H27N5O2. The van der Waals surface area contributed by atoms with Gasteiger partial charge in [0.2, 0.25) is 5.89 Å². The molecule has 7 nitrogen and oxygen atoms in total. The molecule has 1 fully saturated rings. The Hall–Kier alpha value is -2.51. The van der Waals surface area contributed by atoms with Gasteiger partial charge in [-0.1, -0.05) is 35.5 Å². The maximum Gasteiger partial charge on any atom is 0.232 e. The van der Waals surface area contributed by atoms with Gasteiger partial charge in [-0.2, -0.15) is 10.1 Å². The molecule has 4 rings (SSSR count). The standard InChI is InChI=1S/C21H27N5O2/c1-3-26-16(2)18(11-22-26)12-25-13-19(14-25)21-23-20(24-28-21)9-10-27-15-17-7-5-4-6-8-17/h4-8,11,19H,3,9-10,12-15H2,1-2H3. The van der Waals surface area contributed by atoms with Gasteiger partial charge in [0, 0.05) is 43.9 Å². The number of rotatable bonds is 9. The molecule has 0 aliphatic carbocycles. The van der Waals surface area contributed by atoms with Crippen molar-refractivity contribution >= 4 is 0 Å². The van der Waals surface area contributed by atoms with Crippen LogP contribution in [0.2, 0.25) is 0 Å². The average Bonchev–Trinajstić information content (AvgIpc) is 3.29. The summed E-state index contributed by atoms with van der Waals surface area (Å²) in [5, 5.41) is 8.52. The van der Waals surface area contributed by atoms with E-state index in [1.54, 1.807) is 0 Å². The Kier molecular flexibility index (Phi) is 5.83. The monoisotopic (exact) mass is 381 g/mol. The van der Waals surface area contributed by atoms with E-state index in [4.69, 9.17) is 9.26 Å². The van der Waals surface area contributed by atoms with Gasteiger partial charge in [-0.3, -0.25) is 9.58 Å². The second-order valence-electron chi connectivity index (χ2n) is 7.30. The van der Waals surface area contributed by atoms with E-state index in [-0.39, 0.29) is 0 Å². The van der Waals surface area contributed by atoms with Crippen LogP contribution in [0, 0.1) is 6.92 Å². The predicted octanol–water partition coefficient (Wildman–Crippen LogP) is 2.95. The minimum absolute atomic E-state index is 0.327. The summed E-state index contributed by atoms with van der Waals surface area (Å²) in [6, 6.07) is 10.2. The zero-order chi connectivity index (χ0) is 19.3. The Bertz CT molecular complexity index is 883. The molecule has 0 unspecified atom stereocenters. The molecular weight excluding hydrogens is 354 g/mol. The van der Waals surface area contributed by atoms with Gasteiger partial charge in [0.1, 0.15) is 0 Å². The van der Waals surface area contributed by atoms with Gasteiger partial charge in [0.05, 0.1) is 25.3 Å². The number of benzene rings is 1. The highest BCUT2D eigenvalue weighted by Gasteiger charge is 2.32. The third-order valence-corrected chi connectivity index (χ3v) is 5.27. The zero-order valence-electron chi connectivity index (χ0n) is 16.5. The number of likely N-dealkylation sites (tertiary alicyclic amines) is 1. The van der Waals surface area contributed by atoms with Crippen LogP contribution in [-0.2, 0) is 30.9 Å².